The molecular weight excluding hydrogens is 504 g/mol. The molecule has 39 heavy (non-hydrogen) atoms. The van der Waals surface area contributed by atoms with Crippen molar-refractivity contribution in [1.82, 2.24) is 14.8 Å². The van der Waals surface area contributed by atoms with Gasteiger partial charge in [-0.2, -0.15) is 5.10 Å². The number of aromatic nitrogens is 3. The number of rotatable bonds is 9. The number of ether oxygens (including phenoxy) is 1. The number of benzene rings is 3. The zero-order valence-electron chi connectivity index (χ0n) is 22.1. The predicted octanol–water partition coefficient (Wildman–Crippen LogP) is 7.08. The largest absolute Gasteiger partial charge is 0.465 e. The van der Waals surface area contributed by atoms with Gasteiger partial charge in [0.1, 0.15) is 10.8 Å². The standard InChI is InChI=1S/C32H30N4O2S/c1-3-38-31(37)32(17-18-32)26-15-13-23(14-16-26)22-9-11-24(12-10-22)28-21-35-36(2)29(28)33-19-27-20-34-30(39-27)25-7-5-4-6-8-25/h4-16,20-21,33H,3,17-19H2,1-2H3. The molecule has 0 radical (unpaired) electrons. The fourth-order valence-electron chi connectivity index (χ4n) is 4.96. The highest BCUT2D eigenvalue weighted by molar-refractivity contribution is 7.15. The Kier molecular flexibility index (Phi) is 6.75. The van der Waals surface area contributed by atoms with E-state index in [9.17, 15) is 4.79 Å². The Balaban J connectivity index is 1.16. The number of carbonyl (C=O) groups excluding carboxylic acids is 1. The Morgan fingerprint density at radius 2 is 1.59 bits per heavy atom. The van der Waals surface area contributed by atoms with Crippen LogP contribution in [-0.4, -0.2) is 27.3 Å². The molecule has 6 rings (SSSR count). The first kappa shape index (κ1) is 25.1. The monoisotopic (exact) mass is 534 g/mol. The van der Waals surface area contributed by atoms with Gasteiger partial charge in [0.25, 0.3) is 0 Å². The molecule has 2 heterocycles. The minimum atomic E-state index is -0.440. The Labute approximate surface area is 232 Å². The summed E-state index contributed by atoms with van der Waals surface area (Å²) in [5, 5.41) is 9.10. The molecule has 1 fully saturated rings. The highest BCUT2D eigenvalue weighted by Gasteiger charge is 2.52. The highest BCUT2D eigenvalue weighted by atomic mass is 32.1. The maximum atomic E-state index is 12.4. The number of hydrogen-bond acceptors (Lipinski definition) is 6. The van der Waals surface area contributed by atoms with Crippen LogP contribution < -0.4 is 5.32 Å². The van der Waals surface area contributed by atoms with Crippen LogP contribution >= 0.6 is 11.3 Å². The Hall–Kier alpha value is -4.23. The van der Waals surface area contributed by atoms with Crippen molar-refractivity contribution in [3.63, 3.8) is 0 Å². The van der Waals surface area contributed by atoms with E-state index in [4.69, 9.17) is 4.74 Å². The fourth-order valence-corrected chi connectivity index (χ4v) is 5.82. The second-order valence-electron chi connectivity index (χ2n) is 9.84. The van der Waals surface area contributed by atoms with Gasteiger partial charge >= 0.3 is 5.97 Å². The summed E-state index contributed by atoms with van der Waals surface area (Å²) in [6, 6.07) is 27.1. The Morgan fingerprint density at radius 3 is 2.26 bits per heavy atom. The summed E-state index contributed by atoms with van der Waals surface area (Å²) in [4.78, 5) is 18.2. The summed E-state index contributed by atoms with van der Waals surface area (Å²) in [6.07, 6.45) is 5.56. The smallest absolute Gasteiger partial charge is 0.316 e. The lowest BCUT2D eigenvalue weighted by atomic mass is 9.93. The molecule has 0 bridgehead atoms. The van der Waals surface area contributed by atoms with Crippen molar-refractivity contribution in [2.45, 2.75) is 31.7 Å². The lowest BCUT2D eigenvalue weighted by Gasteiger charge is -2.15. The number of thiazole rings is 1. The molecule has 7 heteroatoms. The summed E-state index contributed by atoms with van der Waals surface area (Å²) in [5.74, 6) is 0.866. The van der Waals surface area contributed by atoms with Crippen LogP contribution in [0.2, 0.25) is 0 Å². The molecular formula is C32H30N4O2S. The number of esters is 1. The summed E-state index contributed by atoms with van der Waals surface area (Å²) in [7, 11) is 1.95. The molecule has 2 aromatic heterocycles. The maximum absolute atomic E-state index is 12.4. The van der Waals surface area contributed by atoms with Crippen molar-refractivity contribution in [1.29, 1.82) is 0 Å². The molecule has 1 aliphatic rings. The molecule has 5 aromatic rings. The van der Waals surface area contributed by atoms with Gasteiger partial charge < -0.3 is 10.1 Å². The average molecular weight is 535 g/mol. The molecule has 6 nitrogen and oxygen atoms in total. The first-order chi connectivity index (χ1) is 19.1. The minimum Gasteiger partial charge on any atom is -0.465 e. The van der Waals surface area contributed by atoms with Crippen molar-refractivity contribution >= 4 is 23.1 Å². The summed E-state index contributed by atoms with van der Waals surface area (Å²) >= 11 is 1.70. The van der Waals surface area contributed by atoms with Crippen molar-refractivity contribution in [2.75, 3.05) is 11.9 Å². The number of nitrogens with one attached hydrogen (secondary N) is 1. The third kappa shape index (κ3) is 4.98. The van der Waals surface area contributed by atoms with Crippen molar-refractivity contribution in [3.05, 3.63) is 102 Å². The van der Waals surface area contributed by atoms with Crippen molar-refractivity contribution < 1.29 is 9.53 Å². The molecule has 0 saturated heterocycles. The first-order valence-corrected chi connectivity index (χ1v) is 14.0. The van der Waals surface area contributed by atoms with Gasteiger partial charge in [0.2, 0.25) is 0 Å². The van der Waals surface area contributed by atoms with E-state index >= 15 is 0 Å². The van der Waals surface area contributed by atoms with Gasteiger partial charge in [-0.15, -0.1) is 11.3 Å². The van der Waals surface area contributed by atoms with Crippen LogP contribution in [0.25, 0.3) is 32.8 Å². The lowest BCUT2D eigenvalue weighted by Crippen LogP contribution is -2.23. The second kappa shape index (κ2) is 10.5. The quantitative estimate of drug-likeness (QED) is 0.205. The topological polar surface area (TPSA) is 69.0 Å². The normalized spacial score (nSPS) is 13.7. The van der Waals surface area contributed by atoms with E-state index in [1.807, 2.05) is 49.2 Å². The number of carbonyl (C=O) groups is 1. The van der Waals surface area contributed by atoms with Gasteiger partial charge in [0.05, 0.1) is 24.8 Å². The van der Waals surface area contributed by atoms with E-state index in [0.717, 1.165) is 61.9 Å². The fraction of sp³-hybridized carbons (Fsp3) is 0.219. The van der Waals surface area contributed by atoms with Gasteiger partial charge in [-0.3, -0.25) is 9.48 Å². The third-order valence-electron chi connectivity index (χ3n) is 7.33. The molecule has 0 atom stereocenters. The first-order valence-electron chi connectivity index (χ1n) is 13.2. The van der Waals surface area contributed by atoms with Crippen molar-refractivity contribution in [3.8, 4) is 32.8 Å². The van der Waals surface area contributed by atoms with Crippen molar-refractivity contribution in [2.24, 2.45) is 7.05 Å². The molecule has 0 amide bonds. The molecule has 0 unspecified atom stereocenters. The number of nitrogens with zero attached hydrogens (tertiary/aromatic N) is 3. The second-order valence-corrected chi connectivity index (χ2v) is 11.0. The molecule has 1 N–H and O–H groups in total. The molecule has 196 valence electrons. The highest BCUT2D eigenvalue weighted by Crippen LogP contribution is 2.49. The Morgan fingerprint density at radius 1 is 0.923 bits per heavy atom. The van der Waals surface area contributed by atoms with Gasteiger partial charge in [-0.25, -0.2) is 4.98 Å². The van der Waals surface area contributed by atoms with Crippen LogP contribution in [0, 0.1) is 0 Å². The van der Waals surface area contributed by atoms with Gasteiger partial charge in [0, 0.05) is 29.2 Å². The Bertz CT molecular complexity index is 1580. The van der Waals surface area contributed by atoms with E-state index in [2.05, 4.69) is 76.1 Å². The van der Waals surface area contributed by atoms with Crippen LogP contribution in [0.4, 0.5) is 5.82 Å². The van der Waals surface area contributed by atoms with Crippen LogP contribution in [0.3, 0.4) is 0 Å². The zero-order valence-corrected chi connectivity index (χ0v) is 22.9. The van der Waals surface area contributed by atoms with Crippen LogP contribution in [0.15, 0.2) is 91.3 Å². The SMILES string of the molecule is CCOC(=O)C1(c2ccc(-c3ccc(-c4cnn(C)c4NCc4cnc(-c5ccccc5)s4)cc3)cc2)CC1. The molecule has 1 aliphatic carbocycles. The van der Waals surface area contributed by atoms with E-state index in [-0.39, 0.29) is 5.97 Å². The number of anilines is 1. The van der Waals surface area contributed by atoms with E-state index in [1.54, 1.807) is 11.3 Å². The van der Waals surface area contributed by atoms with E-state index < -0.39 is 5.41 Å². The molecule has 1 saturated carbocycles. The van der Waals surface area contributed by atoms with Gasteiger partial charge in [-0.1, -0.05) is 78.9 Å². The predicted molar refractivity (Wildman–Crippen MR) is 157 cm³/mol. The van der Waals surface area contributed by atoms with Crippen LogP contribution in [-0.2, 0) is 28.5 Å². The summed E-state index contributed by atoms with van der Waals surface area (Å²) in [6.45, 7) is 2.95. The molecule has 0 aliphatic heterocycles. The average Bonchev–Trinajstić information content (AvgIpc) is 3.52. The molecule has 0 spiro atoms. The van der Waals surface area contributed by atoms with E-state index in [0.29, 0.717) is 13.2 Å². The van der Waals surface area contributed by atoms with E-state index in [1.165, 1.54) is 0 Å². The number of hydrogen-bond donors (Lipinski definition) is 1. The zero-order chi connectivity index (χ0) is 26.8. The van der Waals surface area contributed by atoms with Crippen LogP contribution in [0.1, 0.15) is 30.2 Å². The third-order valence-corrected chi connectivity index (χ3v) is 8.37. The minimum absolute atomic E-state index is 0.102. The molecule has 3 aromatic carbocycles. The van der Waals surface area contributed by atoms with Crippen LogP contribution in [0.5, 0.6) is 0 Å². The summed E-state index contributed by atoms with van der Waals surface area (Å²) < 4.78 is 7.19. The van der Waals surface area contributed by atoms with Gasteiger partial charge in [-0.05, 0) is 42.0 Å². The summed E-state index contributed by atoms with van der Waals surface area (Å²) in [5.41, 5.74) is 6.14. The number of aryl methyl sites for hydroxylation is 1. The maximum Gasteiger partial charge on any atom is 0.316 e. The lowest BCUT2D eigenvalue weighted by molar-refractivity contribution is -0.146. The van der Waals surface area contributed by atoms with Gasteiger partial charge in [0.15, 0.2) is 0 Å².